The van der Waals surface area contributed by atoms with Gasteiger partial charge >= 0.3 is 7.60 Å². The summed E-state index contributed by atoms with van der Waals surface area (Å²) >= 11 is 0. The van der Waals surface area contributed by atoms with Gasteiger partial charge in [0.1, 0.15) is 11.5 Å². The largest absolute Gasteiger partial charge is 0.497 e. The summed E-state index contributed by atoms with van der Waals surface area (Å²) in [6.45, 7) is 0.234. The van der Waals surface area contributed by atoms with E-state index in [2.05, 4.69) is 0 Å². The van der Waals surface area contributed by atoms with Crippen LogP contribution in [0.3, 0.4) is 0 Å². The maximum atomic E-state index is 12.6. The molecule has 6 heteroatoms. The zero-order valence-corrected chi connectivity index (χ0v) is 13.1. The molecule has 0 radical (unpaired) electrons. The summed E-state index contributed by atoms with van der Waals surface area (Å²) in [5, 5.41) is 2.01. The molecular weight excluding hydrogens is 291 g/mol. The van der Waals surface area contributed by atoms with Crippen LogP contribution < -0.4 is 9.47 Å². The normalized spacial score (nSPS) is 21.1. The van der Waals surface area contributed by atoms with Crippen molar-refractivity contribution in [1.82, 2.24) is 0 Å². The summed E-state index contributed by atoms with van der Waals surface area (Å²) in [4.78, 5) is 0. The van der Waals surface area contributed by atoms with E-state index >= 15 is 0 Å². The van der Waals surface area contributed by atoms with Crippen molar-refractivity contribution in [3.05, 3.63) is 35.4 Å². The summed E-state index contributed by atoms with van der Waals surface area (Å²) in [5.41, 5.74) is 1.85. The third-order valence-electron chi connectivity index (χ3n) is 3.69. The second kappa shape index (κ2) is 5.34. The molecule has 5 nitrogen and oxygen atoms in total. The van der Waals surface area contributed by atoms with Gasteiger partial charge in [0.2, 0.25) is 0 Å². The first kappa shape index (κ1) is 14.4. The highest BCUT2D eigenvalue weighted by atomic mass is 31.2. The maximum absolute atomic E-state index is 12.6. The van der Waals surface area contributed by atoms with Crippen molar-refractivity contribution in [2.45, 2.75) is 12.8 Å². The fourth-order valence-electron chi connectivity index (χ4n) is 2.65. The molecule has 1 unspecified atom stereocenters. The van der Waals surface area contributed by atoms with E-state index in [0.717, 1.165) is 27.6 Å². The molecule has 0 saturated heterocycles. The Balaban J connectivity index is 2.30. The highest BCUT2D eigenvalue weighted by molar-refractivity contribution is 7.53. The summed E-state index contributed by atoms with van der Waals surface area (Å²) in [7, 11) is 1.51. The van der Waals surface area contributed by atoms with Crippen LogP contribution >= 0.6 is 7.60 Å². The second-order valence-electron chi connectivity index (χ2n) is 4.90. The Hall–Kier alpha value is -1.55. The molecule has 0 bridgehead atoms. The fourth-order valence-corrected chi connectivity index (χ4v) is 3.98. The van der Waals surface area contributed by atoms with Crippen LogP contribution in [-0.2, 0) is 26.4 Å². The van der Waals surface area contributed by atoms with Gasteiger partial charge in [0, 0.05) is 7.11 Å². The van der Waals surface area contributed by atoms with Gasteiger partial charge in [0.15, 0.2) is 0 Å². The lowest BCUT2D eigenvalue weighted by Gasteiger charge is -2.13. The van der Waals surface area contributed by atoms with Crippen molar-refractivity contribution in [3.63, 3.8) is 0 Å². The summed E-state index contributed by atoms with van der Waals surface area (Å²) < 4.78 is 33.9. The Morgan fingerprint density at radius 2 is 1.62 bits per heavy atom. The predicted molar refractivity (Wildman–Crippen MR) is 80.2 cm³/mol. The molecule has 1 aliphatic rings. The number of rotatable bonds is 3. The number of methoxy groups -OCH3 is 2. The summed E-state index contributed by atoms with van der Waals surface area (Å²) in [6.07, 6.45) is 0.233. The number of benzene rings is 2. The predicted octanol–water partition coefficient (Wildman–Crippen LogP) is 3.73. The van der Waals surface area contributed by atoms with Crippen LogP contribution in [0, 0.1) is 0 Å². The molecule has 21 heavy (non-hydrogen) atoms. The zero-order valence-electron chi connectivity index (χ0n) is 12.2. The zero-order chi connectivity index (χ0) is 15.0. The molecule has 0 aliphatic carbocycles. The minimum atomic E-state index is -3.13. The minimum Gasteiger partial charge on any atom is -0.497 e. The Labute approximate surface area is 123 Å². The van der Waals surface area contributed by atoms with Crippen molar-refractivity contribution in [2.75, 3.05) is 21.3 Å². The standard InChI is InChI=1S/C15H17O5P/c1-17-13-4-10-5-14(18-2)7-12-9-21(16,19-3)20-8-11(6-13)15(10)12/h4-7H,8-9H2,1-3H3. The van der Waals surface area contributed by atoms with Gasteiger partial charge in [-0.3, -0.25) is 4.57 Å². The summed E-state index contributed by atoms with van der Waals surface area (Å²) in [6, 6.07) is 7.67. The molecule has 3 rings (SSSR count). The lowest BCUT2D eigenvalue weighted by molar-refractivity contribution is 0.226. The molecule has 1 atom stereocenters. The van der Waals surface area contributed by atoms with Crippen molar-refractivity contribution in [1.29, 1.82) is 0 Å². The van der Waals surface area contributed by atoms with Crippen molar-refractivity contribution < 1.29 is 23.1 Å². The second-order valence-corrected chi connectivity index (χ2v) is 7.06. The number of ether oxygens (including phenoxy) is 2. The van der Waals surface area contributed by atoms with Gasteiger partial charge in [-0.05, 0) is 46.2 Å². The third-order valence-corrected chi connectivity index (χ3v) is 5.50. The van der Waals surface area contributed by atoms with Crippen LogP contribution in [0.15, 0.2) is 24.3 Å². The van der Waals surface area contributed by atoms with E-state index in [1.165, 1.54) is 7.11 Å². The topological polar surface area (TPSA) is 54.0 Å². The highest BCUT2D eigenvalue weighted by Crippen LogP contribution is 2.55. The van der Waals surface area contributed by atoms with Gasteiger partial charge in [-0.1, -0.05) is 0 Å². The van der Waals surface area contributed by atoms with E-state index in [0.29, 0.717) is 5.75 Å². The Bertz CT molecular complexity index is 735. The molecule has 0 aromatic heterocycles. The monoisotopic (exact) mass is 308 g/mol. The Kier molecular flexibility index (Phi) is 3.66. The maximum Gasteiger partial charge on any atom is 0.335 e. The van der Waals surface area contributed by atoms with Crippen LogP contribution in [0.5, 0.6) is 11.5 Å². The van der Waals surface area contributed by atoms with Gasteiger partial charge in [-0.25, -0.2) is 0 Å². The Morgan fingerprint density at radius 1 is 1.00 bits per heavy atom. The minimum absolute atomic E-state index is 0.233. The Morgan fingerprint density at radius 3 is 2.19 bits per heavy atom. The average Bonchev–Trinajstić information content (AvgIpc) is 2.65. The quantitative estimate of drug-likeness (QED) is 0.809. The van der Waals surface area contributed by atoms with E-state index in [1.54, 1.807) is 14.2 Å². The van der Waals surface area contributed by atoms with E-state index < -0.39 is 7.60 Å². The van der Waals surface area contributed by atoms with E-state index in [1.807, 2.05) is 24.3 Å². The molecular formula is C15H17O5P. The third kappa shape index (κ3) is 2.53. The smallest absolute Gasteiger partial charge is 0.335 e. The van der Waals surface area contributed by atoms with Crippen LogP contribution in [0.1, 0.15) is 11.1 Å². The molecule has 1 heterocycles. The molecule has 0 saturated carbocycles. The van der Waals surface area contributed by atoms with Crippen molar-refractivity contribution in [3.8, 4) is 11.5 Å². The molecule has 2 aromatic rings. The highest BCUT2D eigenvalue weighted by Gasteiger charge is 2.29. The van der Waals surface area contributed by atoms with Crippen LogP contribution in [0.2, 0.25) is 0 Å². The van der Waals surface area contributed by atoms with E-state index in [4.69, 9.17) is 18.5 Å². The van der Waals surface area contributed by atoms with Crippen LogP contribution in [0.25, 0.3) is 10.8 Å². The van der Waals surface area contributed by atoms with Crippen LogP contribution in [-0.4, -0.2) is 21.3 Å². The molecule has 0 amide bonds. The number of hydrogen-bond acceptors (Lipinski definition) is 5. The van der Waals surface area contributed by atoms with Crippen molar-refractivity contribution >= 4 is 18.4 Å². The van der Waals surface area contributed by atoms with Gasteiger partial charge in [0.05, 0.1) is 27.0 Å². The molecule has 112 valence electrons. The fraction of sp³-hybridized carbons (Fsp3) is 0.333. The van der Waals surface area contributed by atoms with E-state index in [-0.39, 0.29) is 12.8 Å². The van der Waals surface area contributed by atoms with Gasteiger partial charge in [-0.2, -0.15) is 0 Å². The molecule has 0 N–H and O–H groups in total. The van der Waals surface area contributed by atoms with Crippen LogP contribution in [0.4, 0.5) is 0 Å². The average molecular weight is 308 g/mol. The van der Waals surface area contributed by atoms with E-state index in [9.17, 15) is 4.57 Å². The van der Waals surface area contributed by atoms with Gasteiger partial charge in [0.25, 0.3) is 0 Å². The lowest BCUT2D eigenvalue weighted by Crippen LogP contribution is -1.93. The molecule has 0 spiro atoms. The first-order valence-corrected chi connectivity index (χ1v) is 8.28. The molecule has 2 aromatic carbocycles. The van der Waals surface area contributed by atoms with Gasteiger partial charge in [-0.15, -0.1) is 0 Å². The first-order valence-electron chi connectivity index (χ1n) is 6.55. The molecule has 1 aliphatic heterocycles. The summed E-state index contributed by atoms with van der Waals surface area (Å²) in [5.74, 6) is 1.44. The lowest BCUT2D eigenvalue weighted by atomic mass is 9.99. The van der Waals surface area contributed by atoms with Crippen molar-refractivity contribution in [2.24, 2.45) is 0 Å². The van der Waals surface area contributed by atoms with Gasteiger partial charge < -0.3 is 18.5 Å². The molecule has 0 fully saturated rings. The number of hydrogen-bond donors (Lipinski definition) is 0. The SMILES string of the molecule is COc1cc2c3c(cc(OC)cc3c1)CP(=O)(OC)OC2. The first-order chi connectivity index (χ1) is 10.1.